The van der Waals surface area contributed by atoms with Crippen molar-refractivity contribution in [3.63, 3.8) is 0 Å². The minimum Gasteiger partial charge on any atom is -0.344 e. The van der Waals surface area contributed by atoms with Crippen molar-refractivity contribution in [1.82, 2.24) is 0 Å². The summed E-state index contributed by atoms with van der Waals surface area (Å²) in [6, 6.07) is -0.0173. The summed E-state index contributed by atoms with van der Waals surface area (Å²) in [6.45, 7) is 0. The van der Waals surface area contributed by atoms with Gasteiger partial charge in [0.2, 0.25) is 0 Å². The molecule has 88 valence electrons. The van der Waals surface area contributed by atoms with E-state index in [0.717, 1.165) is 25.7 Å². The van der Waals surface area contributed by atoms with Crippen LogP contribution in [0.4, 0.5) is 0 Å². The molecule has 0 aromatic carbocycles. The summed E-state index contributed by atoms with van der Waals surface area (Å²) < 4.78 is 12.2. The Morgan fingerprint density at radius 2 is 1.94 bits per heavy atom. The smallest absolute Gasteiger partial charge is 0.169 e. The zero-order valence-electron chi connectivity index (χ0n) is 9.34. The highest BCUT2D eigenvalue weighted by Gasteiger charge is 2.52. The summed E-state index contributed by atoms with van der Waals surface area (Å²) in [4.78, 5) is 2.90. The third-order valence-electron chi connectivity index (χ3n) is 4.02. The van der Waals surface area contributed by atoms with Gasteiger partial charge in [0.25, 0.3) is 0 Å². The van der Waals surface area contributed by atoms with Crippen molar-refractivity contribution in [3.05, 3.63) is 10.4 Å². The molecule has 5 heteroatoms. The summed E-state index contributed by atoms with van der Waals surface area (Å²) in [5.74, 6) is -0.336. The van der Waals surface area contributed by atoms with E-state index in [1.807, 2.05) is 0 Å². The van der Waals surface area contributed by atoms with Gasteiger partial charge in [-0.3, -0.25) is 0 Å². The van der Waals surface area contributed by atoms with E-state index < -0.39 is 0 Å². The van der Waals surface area contributed by atoms with Crippen molar-refractivity contribution < 1.29 is 9.47 Å². The first-order valence-corrected chi connectivity index (χ1v) is 6.23. The van der Waals surface area contributed by atoms with E-state index in [1.54, 1.807) is 0 Å². The second-order valence-electron chi connectivity index (χ2n) is 5.06. The van der Waals surface area contributed by atoms with Crippen LogP contribution in [0.15, 0.2) is 5.11 Å². The lowest BCUT2D eigenvalue weighted by Crippen LogP contribution is -2.35. The molecular weight excluding hydrogens is 206 g/mol. The number of azide groups is 1. The molecule has 1 heterocycles. The van der Waals surface area contributed by atoms with Crippen molar-refractivity contribution in [3.8, 4) is 0 Å². The van der Waals surface area contributed by atoms with Gasteiger partial charge < -0.3 is 9.47 Å². The maximum atomic E-state index is 8.51. The molecular formula is C11H17N3O2. The van der Waals surface area contributed by atoms with E-state index in [2.05, 4.69) is 10.0 Å². The van der Waals surface area contributed by atoms with Crippen molar-refractivity contribution in [2.24, 2.45) is 5.11 Å². The predicted molar refractivity (Wildman–Crippen MR) is 57.7 cm³/mol. The molecule has 1 saturated heterocycles. The third-order valence-corrected chi connectivity index (χ3v) is 4.02. The SMILES string of the molecule is [N-]=[N+]=N[C@@H]1CC[C@H]2OC3(CCCCC3)O[C@@H]12. The van der Waals surface area contributed by atoms with Crippen LogP contribution in [0, 0.1) is 0 Å². The topological polar surface area (TPSA) is 67.2 Å². The zero-order valence-corrected chi connectivity index (χ0v) is 9.34. The quantitative estimate of drug-likeness (QED) is 0.389. The van der Waals surface area contributed by atoms with Gasteiger partial charge >= 0.3 is 0 Å². The van der Waals surface area contributed by atoms with Crippen molar-refractivity contribution in [1.29, 1.82) is 0 Å². The Kier molecular flexibility index (Phi) is 2.54. The lowest BCUT2D eigenvalue weighted by Gasteiger charge is -2.32. The maximum Gasteiger partial charge on any atom is 0.169 e. The molecule has 3 fully saturated rings. The summed E-state index contributed by atoms with van der Waals surface area (Å²) in [5, 5.41) is 3.82. The standard InChI is InChI=1S/C11H17N3O2/c12-14-13-8-4-5-9-10(8)16-11(15-9)6-2-1-3-7-11/h8-10H,1-7H2/t8-,9-,10+/m1/s1. The second-order valence-corrected chi connectivity index (χ2v) is 5.06. The highest BCUT2D eigenvalue weighted by Crippen LogP contribution is 2.46. The summed E-state index contributed by atoms with van der Waals surface area (Å²) >= 11 is 0. The normalized spacial score (nSPS) is 40.6. The number of hydrogen-bond acceptors (Lipinski definition) is 3. The van der Waals surface area contributed by atoms with Gasteiger partial charge in [-0.2, -0.15) is 0 Å². The van der Waals surface area contributed by atoms with E-state index >= 15 is 0 Å². The Morgan fingerprint density at radius 3 is 2.69 bits per heavy atom. The number of rotatable bonds is 1. The molecule has 2 aliphatic carbocycles. The molecule has 3 atom stereocenters. The van der Waals surface area contributed by atoms with Gasteiger partial charge in [-0.1, -0.05) is 11.5 Å². The molecule has 0 amide bonds. The summed E-state index contributed by atoms with van der Waals surface area (Å²) in [6.07, 6.45) is 7.70. The van der Waals surface area contributed by atoms with Crippen LogP contribution in [0.1, 0.15) is 44.9 Å². The molecule has 1 spiro atoms. The zero-order chi connectivity index (χ0) is 11.0. The van der Waals surface area contributed by atoms with Crippen LogP contribution in [-0.2, 0) is 9.47 Å². The minimum absolute atomic E-state index is 0.00833. The fraction of sp³-hybridized carbons (Fsp3) is 1.00. The van der Waals surface area contributed by atoms with E-state index in [4.69, 9.17) is 15.0 Å². The molecule has 1 aliphatic heterocycles. The van der Waals surface area contributed by atoms with Gasteiger partial charge in [0.1, 0.15) is 0 Å². The van der Waals surface area contributed by atoms with Crippen LogP contribution < -0.4 is 0 Å². The van der Waals surface area contributed by atoms with Crippen LogP contribution >= 0.6 is 0 Å². The average Bonchev–Trinajstić information content (AvgIpc) is 2.80. The molecule has 0 aromatic heterocycles. The van der Waals surface area contributed by atoms with Crippen LogP contribution in [0.3, 0.4) is 0 Å². The highest BCUT2D eigenvalue weighted by atomic mass is 16.8. The second kappa shape index (κ2) is 3.91. The van der Waals surface area contributed by atoms with E-state index in [9.17, 15) is 0 Å². The fourth-order valence-corrected chi connectivity index (χ4v) is 3.26. The van der Waals surface area contributed by atoms with Crippen LogP contribution in [-0.4, -0.2) is 24.0 Å². The minimum atomic E-state index is -0.336. The third kappa shape index (κ3) is 1.59. The van der Waals surface area contributed by atoms with E-state index in [1.165, 1.54) is 19.3 Å². The first-order chi connectivity index (χ1) is 7.83. The molecule has 5 nitrogen and oxygen atoms in total. The number of ether oxygens (including phenoxy) is 2. The highest BCUT2D eigenvalue weighted by molar-refractivity contribution is 4.99. The maximum absolute atomic E-state index is 8.51. The van der Waals surface area contributed by atoms with Gasteiger partial charge in [0.05, 0.1) is 18.2 Å². The first kappa shape index (κ1) is 10.4. The molecule has 0 radical (unpaired) electrons. The lowest BCUT2D eigenvalue weighted by atomic mass is 9.94. The Bertz CT molecular complexity index is 321. The van der Waals surface area contributed by atoms with Gasteiger partial charge in [-0.15, -0.1) is 0 Å². The molecule has 0 unspecified atom stereocenters. The Balaban J connectivity index is 1.74. The van der Waals surface area contributed by atoms with E-state index in [0.29, 0.717) is 0 Å². The average molecular weight is 223 g/mol. The summed E-state index contributed by atoms with van der Waals surface area (Å²) in [7, 11) is 0. The molecule has 0 N–H and O–H groups in total. The van der Waals surface area contributed by atoms with Gasteiger partial charge in [0, 0.05) is 17.8 Å². The number of fused-ring (bicyclic) bond motifs is 1. The number of nitrogens with zero attached hydrogens (tertiary/aromatic N) is 3. The van der Waals surface area contributed by atoms with Crippen LogP contribution in [0.5, 0.6) is 0 Å². The molecule has 3 rings (SSSR count). The Labute approximate surface area is 94.7 Å². The van der Waals surface area contributed by atoms with Crippen LogP contribution in [0.2, 0.25) is 0 Å². The van der Waals surface area contributed by atoms with Gasteiger partial charge in [-0.05, 0) is 31.2 Å². The van der Waals surface area contributed by atoms with E-state index in [-0.39, 0.29) is 24.0 Å². The Hall–Kier alpha value is -0.770. The molecule has 16 heavy (non-hydrogen) atoms. The molecule has 0 aromatic rings. The number of hydrogen-bond donors (Lipinski definition) is 0. The summed E-state index contributed by atoms with van der Waals surface area (Å²) in [5.41, 5.74) is 8.51. The Morgan fingerprint density at radius 1 is 1.12 bits per heavy atom. The largest absolute Gasteiger partial charge is 0.344 e. The molecule has 3 aliphatic rings. The lowest BCUT2D eigenvalue weighted by molar-refractivity contribution is -0.199. The molecule has 0 bridgehead atoms. The monoisotopic (exact) mass is 223 g/mol. The predicted octanol–water partition coefficient (Wildman–Crippen LogP) is 2.90. The van der Waals surface area contributed by atoms with Crippen molar-refractivity contribution in [2.75, 3.05) is 0 Å². The van der Waals surface area contributed by atoms with Crippen LogP contribution in [0.25, 0.3) is 10.4 Å². The van der Waals surface area contributed by atoms with Crippen molar-refractivity contribution >= 4 is 0 Å². The van der Waals surface area contributed by atoms with Crippen molar-refractivity contribution in [2.45, 2.75) is 69.0 Å². The fourth-order valence-electron chi connectivity index (χ4n) is 3.26. The van der Waals surface area contributed by atoms with Gasteiger partial charge in [-0.25, -0.2) is 0 Å². The van der Waals surface area contributed by atoms with Gasteiger partial charge in [0.15, 0.2) is 5.79 Å². The first-order valence-electron chi connectivity index (χ1n) is 6.23. The molecule has 2 saturated carbocycles.